The fraction of sp³-hybridized carbons (Fsp3) is 1.00. The largest absolute Gasteiger partial charge is 0.298 e. The second-order valence-corrected chi connectivity index (χ2v) is 5.90. The molecule has 0 radical (unpaired) electrons. The molecule has 15 heavy (non-hydrogen) atoms. The highest BCUT2D eigenvalue weighted by atomic mass is 19.3. The van der Waals surface area contributed by atoms with Gasteiger partial charge in [-0.05, 0) is 43.7 Å². The second kappa shape index (κ2) is 5.24. The van der Waals surface area contributed by atoms with Gasteiger partial charge < -0.3 is 0 Å². The maximum atomic E-state index is 12.1. The fourth-order valence-corrected chi connectivity index (χ4v) is 2.43. The predicted octanol–water partition coefficient (Wildman–Crippen LogP) is 3.40. The van der Waals surface area contributed by atoms with Crippen LogP contribution in [0.1, 0.15) is 40.0 Å². The van der Waals surface area contributed by atoms with Crippen LogP contribution < -0.4 is 0 Å². The first-order valence-corrected chi connectivity index (χ1v) is 5.87. The first-order chi connectivity index (χ1) is 6.87. The van der Waals surface area contributed by atoms with Crippen LogP contribution in [0.5, 0.6) is 0 Å². The zero-order valence-electron chi connectivity index (χ0n) is 10.1. The fourth-order valence-electron chi connectivity index (χ4n) is 2.43. The Hall–Kier alpha value is -0.180. The van der Waals surface area contributed by atoms with E-state index in [1.807, 2.05) is 4.90 Å². The molecule has 0 spiro atoms. The lowest BCUT2D eigenvalue weighted by Crippen LogP contribution is -2.37. The number of nitrogens with zero attached hydrogens (tertiary/aromatic N) is 1. The van der Waals surface area contributed by atoms with Crippen molar-refractivity contribution in [3.05, 3.63) is 0 Å². The van der Waals surface area contributed by atoms with Gasteiger partial charge in [0.1, 0.15) is 0 Å². The minimum absolute atomic E-state index is 0.0394. The molecule has 0 aromatic rings. The van der Waals surface area contributed by atoms with E-state index in [-0.39, 0.29) is 6.54 Å². The number of likely N-dealkylation sites (tertiary alicyclic amines) is 1. The van der Waals surface area contributed by atoms with Gasteiger partial charge in [-0.15, -0.1) is 0 Å². The minimum Gasteiger partial charge on any atom is -0.298 e. The van der Waals surface area contributed by atoms with Crippen LogP contribution in [0.4, 0.5) is 8.78 Å². The molecule has 1 nitrogen and oxygen atoms in total. The Morgan fingerprint density at radius 3 is 2.13 bits per heavy atom. The van der Waals surface area contributed by atoms with Gasteiger partial charge in [-0.3, -0.25) is 4.90 Å². The Balaban J connectivity index is 2.24. The summed E-state index contributed by atoms with van der Waals surface area (Å²) in [6.07, 6.45) is 1.22. The zero-order valence-corrected chi connectivity index (χ0v) is 10.1. The van der Waals surface area contributed by atoms with Gasteiger partial charge in [-0.25, -0.2) is 8.78 Å². The molecule has 0 unspecified atom stereocenters. The summed E-state index contributed by atoms with van der Waals surface area (Å²) in [5.41, 5.74) is 0.371. The van der Waals surface area contributed by atoms with Crippen molar-refractivity contribution in [2.24, 2.45) is 11.3 Å². The van der Waals surface area contributed by atoms with Crippen molar-refractivity contribution >= 4 is 0 Å². The molecule has 0 aromatic heterocycles. The standard InChI is InChI=1S/C12H23F2N/c1-12(2,3)8-10-4-6-15(7-5-10)9-11(13)14/h10-11H,4-9H2,1-3H3. The molecular formula is C12H23F2N. The smallest absolute Gasteiger partial charge is 0.251 e. The summed E-state index contributed by atoms with van der Waals surface area (Å²) in [5.74, 6) is 0.735. The van der Waals surface area contributed by atoms with Crippen LogP contribution in [0, 0.1) is 11.3 Å². The third kappa shape index (κ3) is 5.45. The summed E-state index contributed by atoms with van der Waals surface area (Å²) >= 11 is 0. The highest BCUT2D eigenvalue weighted by Gasteiger charge is 2.24. The van der Waals surface area contributed by atoms with Gasteiger partial charge in [-0.1, -0.05) is 20.8 Å². The van der Waals surface area contributed by atoms with Gasteiger partial charge in [0.2, 0.25) is 0 Å². The van der Waals surface area contributed by atoms with E-state index >= 15 is 0 Å². The van der Waals surface area contributed by atoms with Crippen molar-refractivity contribution in [3.63, 3.8) is 0 Å². The molecule has 3 heteroatoms. The lowest BCUT2D eigenvalue weighted by Gasteiger charge is -2.34. The quantitative estimate of drug-likeness (QED) is 0.703. The maximum Gasteiger partial charge on any atom is 0.251 e. The average molecular weight is 219 g/mol. The molecule has 0 N–H and O–H groups in total. The molecule has 0 amide bonds. The van der Waals surface area contributed by atoms with E-state index in [4.69, 9.17) is 0 Å². The highest BCUT2D eigenvalue weighted by Crippen LogP contribution is 2.30. The van der Waals surface area contributed by atoms with Gasteiger partial charge >= 0.3 is 0 Å². The lowest BCUT2D eigenvalue weighted by atomic mass is 9.80. The van der Waals surface area contributed by atoms with Crippen LogP contribution in [0.15, 0.2) is 0 Å². The lowest BCUT2D eigenvalue weighted by molar-refractivity contribution is 0.0635. The van der Waals surface area contributed by atoms with Crippen LogP contribution in [-0.2, 0) is 0 Å². The van der Waals surface area contributed by atoms with Gasteiger partial charge in [0.25, 0.3) is 6.43 Å². The molecule has 0 bridgehead atoms. The maximum absolute atomic E-state index is 12.1. The van der Waals surface area contributed by atoms with Crippen LogP contribution in [0.2, 0.25) is 0 Å². The minimum atomic E-state index is -2.18. The summed E-state index contributed by atoms with van der Waals surface area (Å²) in [7, 11) is 0. The van der Waals surface area contributed by atoms with Crippen LogP contribution in [-0.4, -0.2) is 31.0 Å². The predicted molar refractivity (Wildman–Crippen MR) is 59.2 cm³/mol. The first-order valence-electron chi connectivity index (χ1n) is 5.87. The summed E-state index contributed by atoms with van der Waals surface area (Å²) < 4.78 is 24.3. The van der Waals surface area contributed by atoms with Crippen molar-refractivity contribution in [3.8, 4) is 0 Å². The van der Waals surface area contributed by atoms with E-state index < -0.39 is 6.43 Å². The Kier molecular flexibility index (Phi) is 4.50. The Bertz CT molecular complexity index is 179. The second-order valence-electron chi connectivity index (χ2n) is 5.90. The molecule has 1 saturated heterocycles. The molecule has 0 saturated carbocycles. The molecule has 1 rings (SSSR count). The number of rotatable bonds is 3. The van der Waals surface area contributed by atoms with Crippen molar-refractivity contribution in [2.45, 2.75) is 46.5 Å². The van der Waals surface area contributed by atoms with Crippen molar-refractivity contribution in [2.75, 3.05) is 19.6 Å². The van der Waals surface area contributed by atoms with Gasteiger partial charge in [0.15, 0.2) is 0 Å². The van der Waals surface area contributed by atoms with Gasteiger partial charge in [0, 0.05) is 0 Å². The highest BCUT2D eigenvalue weighted by molar-refractivity contribution is 4.76. The van der Waals surface area contributed by atoms with E-state index in [1.54, 1.807) is 0 Å². The zero-order chi connectivity index (χ0) is 11.5. The summed E-state index contributed by atoms with van der Waals surface area (Å²) in [5, 5.41) is 0. The first kappa shape index (κ1) is 12.9. The van der Waals surface area contributed by atoms with E-state index in [2.05, 4.69) is 20.8 Å². The van der Waals surface area contributed by atoms with Crippen LogP contribution in [0.3, 0.4) is 0 Å². The molecule has 1 heterocycles. The van der Waals surface area contributed by atoms with Crippen molar-refractivity contribution in [1.82, 2.24) is 4.90 Å². The Morgan fingerprint density at radius 2 is 1.73 bits per heavy atom. The van der Waals surface area contributed by atoms with Crippen molar-refractivity contribution < 1.29 is 8.78 Å². The Morgan fingerprint density at radius 1 is 1.20 bits per heavy atom. The number of halogens is 2. The van der Waals surface area contributed by atoms with Crippen LogP contribution >= 0.6 is 0 Å². The van der Waals surface area contributed by atoms with Crippen molar-refractivity contribution in [1.29, 1.82) is 0 Å². The molecule has 0 atom stereocenters. The Labute approximate surface area is 91.8 Å². The SMILES string of the molecule is CC(C)(C)CC1CCN(CC(F)F)CC1. The van der Waals surface area contributed by atoms with E-state index in [9.17, 15) is 8.78 Å². The topological polar surface area (TPSA) is 3.24 Å². The molecule has 0 aliphatic carbocycles. The summed E-state index contributed by atoms with van der Waals surface area (Å²) in [6.45, 7) is 8.41. The van der Waals surface area contributed by atoms with Crippen LogP contribution in [0.25, 0.3) is 0 Å². The number of hydrogen-bond acceptors (Lipinski definition) is 1. The third-order valence-corrected chi connectivity index (χ3v) is 3.00. The number of piperidine rings is 1. The monoisotopic (exact) mass is 219 g/mol. The molecule has 90 valence electrons. The van der Waals surface area contributed by atoms with E-state index in [1.165, 1.54) is 6.42 Å². The molecule has 1 fully saturated rings. The third-order valence-electron chi connectivity index (χ3n) is 3.00. The van der Waals surface area contributed by atoms with Gasteiger partial charge in [-0.2, -0.15) is 0 Å². The average Bonchev–Trinajstić information content (AvgIpc) is 2.05. The number of alkyl halides is 2. The molecule has 1 aliphatic rings. The normalized spacial score (nSPS) is 21.2. The summed E-state index contributed by atoms with van der Waals surface area (Å²) in [6, 6.07) is 0. The van der Waals surface area contributed by atoms with Gasteiger partial charge in [0.05, 0.1) is 6.54 Å². The van der Waals surface area contributed by atoms with E-state index in [0.29, 0.717) is 5.41 Å². The molecule has 0 aromatic carbocycles. The van der Waals surface area contributed by atoms with E-state index in [0.717, 1.165) is 31.8 Å². The molecule has 1 aliphatic heterocycles. The number of hydrogen-bond donors (Lipinski definition) is 0. The summed E-state index contributed by atoms with van der Waals surface area (Å²) in [4.78, 5) is 1.89. The molecular weight excluding hydrogens is 196 g/mol.